The van der Waals surface area contributed by atoms with Crippen molar-refractivity contribution in [2.45, 2.75) is 45.5 Å². The van der Waals surface area contributed by atoms with Crippen LogP contribution in [0.2, 0.25) is 0 Å². The van der Waals surface area contributed by atoms with Crippen LogP contribution >= 0.6 is 0 Å². The van der Waals surface area contributed by atoms with Crippen molar-refractivity contribution in [3.05, 3.63) is 47.8 Å². The molecule has 0 fully saturated rings. The summed E-state index contributed by atoms with van der Waals surface area (Å²) in [7, 11) is 0. The average molecular weight is 442 g/mol. The summed E-state index contributed by atoms with van der Waals surface area (Å²) in [6, 6.07) is 7.01. The number of aromatic nitrogens is 3. The molecule has 3 rings (SSSR count). The number of carbonyl (C=O) groups excluding carboxylic acids is 4. The van der Waals surface area contributed by atoms with Crippen LogP contribution in [0, 0.1) is 5.92 Å². The fourth-order valence-corrected chi connectivity index (χ4v) is 3.16. The van der Waals surface area contributed by atoms with E-state index in [4.69, 9.17) is 4.74 Å². The first-order chi connectivity index (χ1) is 15.3. The minimum atomic E-state index is -1.14. The van der Waals surface area contributed by atoms with Gasteiger partial charge < -0.3 is 20.7 Å². The van der Waals surface area contributed by atoms with Crippen LogP contribution in [0.3, 0.4) is 0 Å². The quantitative estimate of drug-likeness (QED) is 0.532. The summed E-state index contributed by atoms with van der Waals surface area (Å²) >= 11 is 0. The van der Waals surface area contributed by atoms with E-state index in [2.05, 4.69) is 26.1 Å². The van der Waals surface area contributed by atoms with E-state index in [1.54, 1.807) is 13.8 Å². The van der Waals surface area contributed by atoms with Gasteiger partial charge in [-0.25, -0.2) is 4.79 Å². The normalized spacial score (nSPS) is 17.3. The van der Waals surface area contributed by atoms with E-state index in [-0.39, 0.29) is 25.5 Å². The Kier molecular flexibility index (Phi) is 7.53. The van der Waals surface area contributed by atoms with Crippen molar-refractivity contribution in [1.29, 1.82) is 0 Å². The molecule has 2 heterocycles. The summed E-state index contributed by atoms with van der Waals surface area (Å²) in [5, 5.41) is 15.9. The van der Waals surface area contributed by atoms with Crippen LogP contribution in [0.5, 0.6) is 0 Å². The summed E-state index contributed by atoms with van der Waals surface area (Å²) in [5.41, 5.74) is 1.27. The highest BCUT2D eigenvalue weighted by atomic mass is 16.5. The third-order valence-corrected chi connectivity index (χ3v) is 4.89. The number of carbonyl (C=O) groups is 4. The summed E-state index contributed by atoms with van der Waals surface area (Å²) in [4.78, 5) is 51.3. The Morgan fingerprint density at radius 3 is 2.72 bits per heavy atom. The van der Waals surface area contributed by atoms with Crippen molar-refractivity contribution >= 4 is 23.7 Å². The maximum Gasteiger partial charge on any atom is 0.408 e. The number of benzene rings is 1. The molecule has 0 saturated carbocycles. The van der Waals surface area contributed by atoms with Crippen molar-refractivity contribution < 1.29 is 23.9 Å². The van der Waals surface area contributed by atoms with Crippen LogP contribution in [0.15, 0.2) is 36.5 Å². The first-order valence-electron chi connectivity index (χ1n) is 10.3. The number of rotatable bonds is 6. The van der Waals surface area contributed by atoms with E-state index < -0.39 is 35.8 Å². The molecule has 1 aromatic heterocycles. The molecule has 0 radical (unpaired) electrons. The highest BCUT2D eigenvalue weighted by molar-refractivity contribution is 6.38. The standard InChI is InChI=1S/C21H26N6O5/c1-13(2)17(25-21(31)32-12-14-6-4-3-5-7-14)19(29)24-16-10-15-11-23-27(26-15)9-8-22-20(30)18(16)28/h3-7,11,13,16-17H,8-10,12H2,1-2H3,(H,22,30)(H,24,29)(H,25,31). The van der Waals surface area contributed by atoms with Crippen molar-refractivity contribution in [2.75, 3.05) is 6.54 Å². The van der Waals surface area contributed by atoms with E-state index in [0.717, 1.165) is 5.56 Å². The summed E-state index contributed by atoms with van der Waals surface area (Å²) in [5.74, 6) is -2.49. The van der Waals surface area contributed by atoms with Crippen molar-refractivity contribution in [1.82, 2.24) is 30.9 Å². The van der Waals surface area contributed by atoms with E-state index in [0.29, 0.717) is 12.2 Å². The Balaban J connectivity index is 1.65. The molecular formula is C21H26N6O5. The summed E-state index contributed by atoms with van der Waals surface area (Å²) in [6.45, 7) is 4.06. The molecule has 1 aliphatic heterocycles. The van der Waals surface area contributed by atoms with Gasteiger partial charge in [0.25, 0.3) is 5.91 Å². The first-order valence-corrected chi connectivity index (χ1v) is 10.3. The Hall–Kier alpha value is -3.76. The number of Topliss-reactive ketones (excluding diaryl/α,β-unsaturated/α-hetero) is 1. The molecule has 1 aliphatic rings. The molecule has 170 valence electrons. The van der Waals surface area contributed by atoms with Gasteiger partial charge in [0.1, 0.15) is 18.7 Å². The molecule has 11 heteroatoms. The van der Waals surface area contributed by atoms with E-state index in [1.165, 1.54) is 11.0 Å². The minimum absolute atomic E-state index is 0.00125. The summed E-state index contributed by atoms with van der Waals surface area (Å²) in [6.07, 6.45) is 0.725. The van der Waals surface area contributed by atoms with Crippen LogP contribution in [-0.4, -0.2) is 57.3 Å². The highest BCUT2D eigenvalue weighted by Gasteiger charge is 2.32. The van der Waals surface area contributed by atoms with Gasteiger partial charge in [0.2, 0.25) is 11.7 Å². The number of alkyl carbamates (subject to hydrolysis) is 1. The molecule has 3 amide bonds. The Morgan fingerprint density at radius 1 is 1.25 bits per heavy atom. The number of hydrogen-bond donors (Lipinski definition) is 3. The average Bonchev–Trinajstić information content (AvgIpc) is 3.21. The molecule has 2 bridgehead atoms. The Morgan fingerprint density at radius 2 is 2.00 bits per heavy atom. The molecule has 0 saturated heterocycles. The number of ketones is 1. The fourth-order valence-electron chi connectivity index (χ4n) is 3.16. The molecule has 2 atom stereocenters. The number of nitrogens with zero attached hydrogens (tertiary/aromatic N) is 3. The van der Waals surface area contributed by atoms with Gasteiger partial charge in [0.05, 0.1) is 18.4 Å². The lowest BCUT2D eigenvalue weighted by Crippen LogP contribution is -2.56. The Labute approximate surface area is 184 Å². The lowest BCUT2D eigenvalue weighted by molar-refractivity contribution is -0.140. The summed E-state index contributed by atoms with van der Waals surface area (Å²) < 4.78 is 5.19. The second-order valence-electron chi connectivity index (χ2n) is 7.75. The van der Waals surface area contributed by atoms with Gasteiger partial charge in [0, 0.05) is 13.0 Å². The van der Waals surface area contributed by atoms with Gasteiger partial charge in [-0.1, -0.05) is 44.2 Å². The number of hydrogen-bond acceptors (Lipinski definition) is 7. The van der Waals surface area contributed by atoms with Gasteiger partial charge in [-0.15, -0.1) is 0 Å². The van der Waals surface area contributed by atoms with Crippen molar-refractivity contribution in [3.8, 4) is 0 Å². The molecule has 32 heavy (non-hydrogen) atoms. The molecule has 0 spiro atoms. The van der Waals surface area contributed by atoms with Gasteiger partial charge >= 0.3 is 6.09 Å². The van der Waals surface area contributed by atoms with Crippen LogP contribution in [-0.2, 0) is 38.7 Å². The van der Waals surface area contributed by atoms with Gasteiger partial charge in [-0.3, -0.25) is 14.4 Å². The molecule has 2 unspecified atom stereocenters. The van der Waals surface area contributed by atoms with Crippen molar-refractivity contribution in [2.24, 2.45) is 5.92 Å². The molecular weight excluding hydrogens is 416 g/mol. The smallest absolute Gasteiger partial charge is 0.408 e. The predicted molar refractivity (Wildman–Crippen MR) is 112 cm³/mol. The second-order valence-corrected chi connectivity index (χ2v) is 7.75. The van der Waals surface area contributed by atoms with Crippen LogP contribution in [0.1, 0.15) is 25.1 Å². The molecule has 1 aromatic carbocycles. The first kappa shape index (κ1) is 22.9. The van der Waals surface area contributed by atoms with Gasteiger partial charge in [-0.05, 0) is 11.5 Å². The molecule has 0 aliphatic carbocycles. The van der Waals surface area contributed by atoms with E-state index >= 15 is 0 Å². The molecule has 11 nitrogen and oxygen atoms in total. The number of amides is 3. The minimum Gasteiger partial charge on any atom is -0.445 e. The second kappa shape index (κ2) is 10.5. The third-order valence-electron chi connectivity index (χ3n) is 4.89. The number of ether oxygens (including phenoxy) is 1. The lowest BCUT2D eigenvalue weighted by Gasteiger charge is -2.24. The van der Waals surface area contributed by atoms with Crippen LogP contribution in [0.4, 0.5) is 4.79 Å². The van der Waals surface area contributed by atoms with E-state index in [1.807, 2.05) is 30.3 Å². The monoisotopic (exact) mass is 442 g/mol. The maximum atomic E-state index is 12.9. The lowest BCUT2D eigenvalue weighted by atomic mass is 10.0. The van der Waals surface area contributed by atoms with Crippen LogP contribution < -0.4 is 16.0 Å². The number of fused-ring (bicyclic) bond motifs is 2. The third kappa shape index (κ3) is 6.13. The van der Waals surface area contributed by atoms with Gasteiger partial charge in [0.15, 0.2) is 0 Å². The van der Waals surface area contributed by atoms with Crippen molar-refractivity contribution in [3.63, 3.8) is 0 Å². The maximum absolute atomic E-state index is 12.9. The zero-order valence-corrected chi connectivity index (χ0v) is 17.9. The Bertz CT molecular complexity index is 974. The highest BCUT2D eigenvalue weighted by Crippen LogP contribution is 2.08. The number of nitrogens with one attached hydrogen (secondary N) is 3. The zero-order valence-electron chi connectivity index (χ0n) is 17.9. The topological polar surface area (TPSA) is 144 Å². The fraction of sp³-hybridized carbons (Fsp3) is 0.429. The largest absolute Gasteiger partial charge is 0.445 e. The van der Waals surface area contributed by atoms with E-state index in [9.17, 15) is 19.2 Å². The predicted octanol–water partition coefficient (Wildman–Crippen LogP) is -0.0447. The SMILES string of the molecule is CC(C)C(NC(=O)OCc1ccccc1)C(=O)NC1Cc2cnn(n2)CCNC(=O)C1=O. The molecule has 3 N–H and O–H groups in total. The van der Waals surface area contributed by atoms with Crippen LogP contribution in [0.25, 0.3) is 0 Å². The van der Waals surface area contributed by atoms with Gasteiger partial charge in [-0.2, -0.15) is 15.0 Å². The molecule has 2 aromatic rings. The zero-order chi connectivity index (χ0) is 23.1.